The molecule has 1 atom stereocenters. The van der Waals surface area contributed by atoms with Crippen molar-refractivity contribution in [2.24, 2.45) is 0 Å². The van der Waals surface area contributed by atoms with Crippen LogP contribution in [0.25, 0.3) is 0 Å². The van der Waals surface area contributed by atoms with Crippen LogP contribution >= 0.6 is 34.3 Å². The molecular formula is C14H18ClNOS2. The van der Waals surface area contributed by atoms with Crippen molar-refractivity contribution in [2.45, 2.75) is 19.4 Å². The van der Waals surface area contributed by atoms with Gasteiger partial charge < -0.3 is 10.1 Å². The van der Waals surface area contributed by atoms with Crippen molar-refractivity contribution in [3.8, 4) is 0 Å². The van der Waals surface area contributed by atoms with E-state index in [1.807, 2.05) is 13.0 Å². The summed E-state index contributed by atoms with van der Waals surface area (Å²) in [4.78, 5) is 2.60. The molecule has 104 valence electrons. The zero-order valence-corrected chi connectivity index (χ0v) is 13.3. The predicted molar refractivity (Wildman–Crippen MR) is 84.6 cm³/mol. The summed E-state index contributed by atoms with van der Waals surface area (Å²) in [6.45, 7) is 4.56. The van der Waals surface area contributed by atoms with Gasteiger partial charge >= 0.3 is 0 Å². The van der Waals surface area contributed by atoms with Crippen molar-refractivity contribution < 1.29 is 4.74 Å². The lowest BCUT2D eigenvalue weighted by atomic mass is 10.2. The molecule has 0 bridgehead atoms. The summed E-state index contributed by atoms with van der Waals surface area (Å²) >= 11 is 9.46. The van der Waals surface area contributed by atoms with Gasteiger partial charge in [0.25, 0.3) is 0 Å². The van der Waals surface area contributed by atoms with Gasteiger partial charge in [0.15, 0.2) is 0 Å². The molecule has 0 aromatic carbocycles. The van der Waals surface area contributed by atoms with E-state index in [4.69, 9.17) is 16.3 Å². The second-order valence-corrected chi connectivity index (χ2v) is 6.82. The highest BCUT2D eigenvalue weighted by atomic mass is 35.5. The van der Waals surface area contributed by atoms with Crippen molar-refractivity contribution in [3.63, 3.8) is 0 Å². The maximum absolute atomic E-state index is 6.04. The Kier molecular flexibility index (Phi) is 6.34. The van der Waals surface area contributed by atoms with Crippen LogP contribution in [0.5, 0.6) is 0 Å². The monoisotopic (exact) mass is 315 g/mol. The third kappa shape index (κ3) is 4.58. The Hall–Kier alpha value is -0.390. The molecule has 1 unspecified atom stereocenters. The van der Waals surface area contributed by atoms with E-state index in [1.165, 1.54) is 9.75 Å². The molecule has 2 heterocycles. The molecule has 2 aromatic rings. The fourth-order valence-electron chi connectivity index (χ4n) is 1.85. The van der Waals surface area contributed by atoms with Crippen molar-refractivity contribution in [1.82, 2.24) is 5.32 Å². The van der Waals surface area contributed by atoms with E-state index >= 15 is 0 Å². The van der Waals surface area contributed by atoms with Gasteiger partial charge in [0, 0.05) is 23.0 Å². The third-order valence-corrected chi connectivity index (χ3v) is 4.96. The maximum Gasteiger partial charge on any atom is 0.0931 e. The number of nitrogens with one attached hydrogen (secondary N) is 1. The number of halogens is 1. The summed E-state index contributed by atoms with van der Waals surface area (Å²) in [6.07, 6.45) is 1.02. The lowest BCUT2D eigenvalue weighted by molar-refractivity contribution is 0.144. The molecule has 0 amide bonds. The Labute approximate surface area is 127 Å². The van der Waals surface area contributed by atoms with Crippen LogP contribution in [0.15, 0.2) is 29.6 Å². The van der Waals surface area contributed by atoms with Crippen molar-refractivity contribution in [3.05, 3.63) is 43.7 Å². The lowest BCUT2D eigenvalue weighted by Gasteiger charge is -2.16. The minimum absolute atomic E-state index is 0.249. The van der Waals surface area contributed by atoms with Crippen LogP contribution in [0.3, 0.4) is 0 Å². The van der Waals surface area contributed by atoms with Gasteiger partial charge in [-0.25, -0.2) is 0 Å². The molecule has 19 heavy (non-hydrogen) atoms. The van der Waals surface area contributed by atoms with Crippen LogP contribution in [0.2, 0.25) is 4.34 Å². The number of thiophene rings is 2. The van der Waals surface area contributed by atoms with E-state index in [9.17, 15) is 0 Å². The maximum atomic E-state index is 6.04. The number of hydrogen-bond acceptors (Lipinski definition) is 4. The van der Waals surface area contributed by atoms with E-state index in [0.717, 1.165) is 30.5 Å². The minimum atomic E-state index is 0.249. The van der Waals surface area contributed by atoms with Crippen LogP contribution in [0, 0.1) is 0 Å². The summed E-state index contributed by atoms with van der Waals surface area (Å²) in [6, 6.07) is 8.57. The Morgan fingerprint density at radius 1 is 1.32 bits per heavy atom. The van der Waals surface area contributed by atoms with E-state index in [0.29, 0.717) is 0 Å². The molecule has 0 saturated heterocycles. The first-order valence-electron chi connectivity index (χ1n) is 6.41. The first kappa shape index (κ1) is 15.0. The summed E-state index contributed by atoms with van der Waals surface area (Å²) in [5.74, 6) is 0. The summed E-state index contributed by atoms with van der Waals surface area (Å²) in [5.41, 5.74) is 0. The van der Waals surface area contributed by atoms with Crippen LogP contribution in [0.1, 0.15) is 29.1 Å². The molecule has 0 radical (unpaired) electrons. The second kappa shape index (κ2) is 8.02. The average molecular weight is 316 g/mol. The highest BCUT2D eigenvalue weighted by molar-refractivity contribution is 7.16. The number of ether oxygens (including phenoxy) is 1. The summed E-state index contributed by atoms with van der Waals surface area (Å²) in [7, 11) is 0. The van der Waals surface area contributed by atoms with E-state index in [1.54, 1.807) is 22.7 Å². The lowest BCUT2D eigenvalue weighted by Crippen LogP contribution is -2.23. The van der Waals surface area contributed by atoms with Crippen molar-refractivity contribution in [1.29, 1.82) is 0 Å². The van der Waals surface area contributed by atoms with Crippen molar-refractivity contribution >= 4 is 34.3 Å². The smallest absolute Gasteiger partial charge is 0.0931 e. The molecule has 0 aliphatic rings. The Morgan fingerprint density at radius 3 is 2.84 bits per heavy atom. The van der Waals surface area contributed by atoms with Crippen LogP contribution in [0.4, 0.5) is 0 Å². The third-order valence-electron chi connectivity index (χ3n) is 2.72. The zero-order valence-electron chi connectivity index (χ0n) is 10.9. The van der Waals surface area contributed by atoms with Crippen LogP contribution < -0.4 is 5.32 Å². The van der Waals surface area contributed by atoms with Gasteiger partial charge in [0.05, 0.1) is 10.4 Å². The van der Waals surface area contributed by atoms with Gasteiger partial charge in [0.2, 0.25) is 0 Å². The molecule has 2 rings (SSSR count). The molecular weight excluding hydrogens is 298 g/mol. The van der Waals surface area contributed by atoms with Gasteiger partial charge in [-0.15, -0.1) is 22.7 Å². The molecule has 0 aliphatic heterocycles. The largest absolute Gasteiger partial charge is 0.382 e. The molecule has 0 spiro atoms. The van der Waals surface area contributed by atoms with Gasteiger partial charge in [-0.1, -0.05) is 17.7 Å². The Bertz CT molecular complexity index is 470. The Morgan fingerprint density at radius 2 is 2.21 bits per heavy atom. The van der Waals surface area contributed by atoms with Gasteiger partial charge in [-0.3, -0.25) is 0 Å². The molecule has 5 heteroatoms. The van der Waals surface area contributed by atoms with Crippen LogP contribution in [-0.2, 0) is 4.74 Å². The fourth-order valence-corrected chi connectivity index (χ4v) is 3.89. The molecule has 0 aliphatic carbocycles. The molecule has 1 N–H and O–H groups in total. The van der Waals surface area contributed by atoms with E-state index in [-0.39, 0.29) is 6.04 Å². The van der Waals surface area contributed by atoms with E-state index in [2.05, 4.69) is 28.9 Å². The Balaban J connectivity index is 1.96. The highest BCUT2D eigenvalue weighted by Gasteiger charge is 2.16. The standard InChI is InChI=1S/C14H18ClNOS2/c1-2-17-9-4-8-16-14(11-5-3-10-18-11)12-6-7-13(15)19-12/h3,5-7,10,14,16H,2,4,8-9H2,1H3. The number of hydrogen-bond donors (Lipinski definition) is 1. The zero-order chi connectivity index (χ0) is 13.5. The number of rotatable bonds is 8. The van der Waals surface area contributed by atoms with Crippen molar-refractivity contribution in [2.75, 3.05) is 19.8 Å². The first-order valence-corrected chi connectivity index (χ1v) is 8.48. The van der Waals surface area contributed by atoms with Gasteiger partial charge in [0.1, 0.15) is 0 Å². The highest BCUT2D eigenvalue weighted by Crippen LogP contribution is 2.32. The average Bonchev–Trinajstić information content (AvgIpc) is 3.05. The second-order valence-electron chi connectivity index (χ2n) is 4.09. The van der Waals surface area contributed by atoms with Gasteiger partial charge in [-0.05, 0) is 43.5 Å². The fraction of sp³-hybridized carbons (Fsp3) is 0.429. The summed E-state index contributed by atoms with van der Waals surface area (Å²) < 4.78 is 6.20. The normalized spacial score (nSPS) is 12.7. The molecule has 2 aromatic heterocycles. The van der Waals surface area contributed by atoms with Crippen LogP contribution in [-0.4, -0.2) is 19.8 Å². The predicted octanol–water partition coefficient (Wildman–Crippen LogP) is 4.57. The molecule has 0 saturated carbocycles. The molecule has 0 fully saturated rings. The minimum Gasteiger partial charge on any atom is -0.382 e. The summed E-state index contributed by atoms with van der Waals surface area (Å²) in [5, 5.41) is 5.70. The first-order chi connectivity index (χ1) is 9.31. The quantitative estimate of drug-likeness (QED) is 0.721. The molecule has 2 nitrogen and oxygen atoms in total. The van der Waals surface area contributed by atoms with Gasteiger partial charge in [-0.2, -0.15) is 0 Å². The van der Waals surface area contributed by atoms with E-state index < -0.39 is 0 Å². The topological polar surface area (TPSA) is 21.3 Å². The SMILES string of the molecule is CCOCCCNC(c1cccs1)c1ccc(Cl)s1.